The van der Waals surface area contributed by atoms with Gasteiger partial charge in [-0.1, -0.05) is 20.8 Å². The maximum absolute atomic E-state index is 10.9. The van der Waals surface area contributed by atoms with Crippen LogP contribution in [0.15, 0.2) is 0 Å². The van der Waals surface area contributed by atoms with E-state index in [4.69, 9.17) is 5.73 Å². The number of aromatic nitrogens is 1. The lowest BCUT2D eigenvalue weighted by atomic mass is 9.89. The Hall–Kier alpha value is -0.900. The SMILES string of the molecule is CC(C)(C)c1ns[c]c1C(N)=O. The number of hydrogen-bond acceptors (Lipinski definition) is 3. The van der Waals surface area contributed by atoms with E-state index in [9.17, 15) is 4.79 Å². The van der Waals surface area contributed by atoms with Crippen LogP contribution in [0.25, 0.3) is 0 Å². The van der Waals surface area contributed by atoms with Gasteiger partial charge in [0.1, 0.15) is 0 Å². The molecule has 3 nitrogen and oxygen atoms in total. The zero-order valence-corrected chi connectivity index (χ0v) is 8.16. The molecule has 0 aliphatic carbocycles. The quantitative estimate of drug-likeness (QED) is 0.714. The first kappa shape index (κ1) is 9.19. The number of nitrogens with zero attached hydrogens (tertiary/aromatic N) is 1. The highest BCUT2D eigenvalue weighted by molar-refractivity contribution is 7.03. The van der Waals surface area contributed by atoms with E-state index in [-0.39, 0.29) is 5.41 Å². The van der Waals surface area contributed by atoms with Crippen LogP contribution in [-0.2, 0) is 5.41 Å². The van der Waals surface area contributed by atoms with Gasteiger partial charge in [-0.05, 0) is 11.5 Å². The number of rotatable bonds is 1. The summed E-state index contributed by atoms with van der Waals surface area (Å²) < 4.78 is 4.09. The maximum Gasteiger partial charge on any atom is 0.252 e. The van der Waals surface area contributed by atoms with Crippen molar-refractivity contribution in [2.75, 3.05) is 0 Å². The van der Waals surface area contributed by atoms with Crippen LogP contribution in [0.1, 0.15) is 36.8 Å². The predicted octanol–water partition coefficient (Wildman–Crippen LogP) is 1.34. The molecule has 12 heavy (non-hydrogen) atoms. The van der Waals surface area contributed by atoms with Crippen molar-refractivity contribution in [2.45, 2.75) is 26.2 Å². The molecule has 1 aromatic heterocycles. The average molecular weight is 183 g/mol. The largest absolute Gasteiger partial charge is 0.365 e. The van der Waals surface area contributed by atoms with Gasteiger partial charge in [-0.3, -0.25) is 4.79 Å². The molecule has 1 rings (SSSR count). The number of nitrogens with two attached hydrogens (primary N) is 1. The van der Waals surface area contributed by atoms with Crippen molar-refractivity contribution >= 4 is 17.4 Å². The van der Waals surface area contributed by atoms with Crippen LogP contribution in [0.4, 0.5) is 0 Å². The molecule has 2 N–H and O–H groups in total. The summed E-state index contributed by atoms with van der Waals surface area (Å²) in [5.41, 5.74) is 6.17. The summed E-state index contributed by atoms with van der Waals surface area (Å²) in [6.07, 6.45) is 0. The zero-order valence-electron chi connectivity index (χ0n) is 7.34. The van der Waals surface area contributed by atoms with Gasteiger partial charge in [0.25, 0.3) is 5.91 Å². The minimum Gasteiger partial charge on any atom is -0.365 e. The van der Waals surface area contributed by atoms with Gasteiger partial charge in [-0.2, -0.15) is 4.37 Å². The van der Waals surface area contributed by atoms with E-state index < -0.39 is 5.91 Å². The standard InChI is InChI=1S/C8H11N2OS/c1-8(2,3)6-5(7(9)11)4-12-10-6/h1-3H3,(H2,9,11). The normalized spacial score (nSPS) is 11.6. The second-order valence-corrected chi connectivity index (χ2v) is 4.19. The lowest BCUT2D eigenvalue weighted by Crippen LogP contribution is -2.20. The maximum atomic E-state index is 10.9. The fourth-order valence-electron chi connectivity index (χ4n) is 0.887. The van der Waals surface area contributed by atoms with Crippen molar-refractivity contribution < 1.29 is 4.79 Å². The van der Waals surface area contributed by atoms with E-state index in [1.54, 1.807) is 0 Å². The zero-order chi connectivity index (χ0) is 9.35. The molecule has 0 atom stereocenters. The molecule has 1 amide bonds. The number of amides is 1. The van der Waals surface area contributed by atoms with Crippen molar-refractivity contribution in [2.24, 2.45) is 5.73 Å². The summed E-state index contributed by atoms with van der Waals surface area (Å²) in [5.74, 6) is -0.450. The molecule has 1 aromatic rings. The van der Waals surface area contributed by atoms with Gasteiger partial charge in [0, 0.05) is 5.41 Å². The number of carbonyl (C=O) groups is 1. The highest BCUT2D eigenvalue weighted by Crippen LogP contribution is 2.24. The fourth-order valence-corrected chi connectivity index (χ4v) is 1.68. The fraction of sp³-hybridized carbons (Fsp3) is 0.500. The Morgan fingerprint density at radius 2 is 2.17 bits per heavy atom. The van der Waals surface area contributed by atoms with Gasteiger partial charge in [-0.25, -0.2) is 0 Å². The summed E-state index contributed by atoms with van der Waals surface area (Å²) in [6.45, 7) is 5.97. The third kappa shape index (κ3) is 1.64. The Kier molecular flexibility index (Phi) is 2.19. The molecule has 0 saturated heterocycles. The highest BCUT2D eigenvalue weighted by Gasteiger charge is 2.23. The molecule has 4 heteroatoms. The molecule has 0 aromatic carbocycles. The van der Waals surface area contributed by atoms with E-state index in [1.807, 2.05) is 20.8 Å². The Morgan fingerprint density at radius 1 is 1.58 bits per heavy atom. The summed E-state index contributed by atoms with van der Waals surface area (Å²) in [4.78, 5) is 10.9. The van der Waals surface area contributed by atoms with Crippen LogP contribution in [-0.4, -0.2) is 10.3 Å². The van der Waals surface area contributed by atoms with Crippen molar-refractivity contribution in [3.63, 3.8) is 0 Å². The topological polar surface area (TPSA) is 56.0 Å². The monoisotopic (exact) mass is 183 g/mol. The van der Waals surface area contributed by atoms with Crippen LogP contribution in [0, 0.1) is 5.38 Å². The molecule has 0 aliphatic heterocycles. The third-order valence-corrected chi connectivity index (χ3v) is 2.05. The van der Waals surface area contributed by atoms with Gasteiger partial charge in [0.15, 0.2) is 0 Å². The van der Waals surface area contributed by atoms with Crippen molar-refractivity contribution in [3.8, 4) is 0 Å². The minimum absolute atomic E-state index is 0.138. The Morgan fingerprint density at radius 3 is 2.50 bits per heavy atom. The first-order valence-corrected chi connectivity index (χ1v) is 4.38. The summed E-state index contributed by atoms with van der Waals surface area (Å²) in [7, 11) is 0. The number of hydrogen-bond donors (Lipinski definition) is 1. The lowest BCUT2D eigenvalue weighted by molar-refractivity contribution is 0.0998. The molecular weight excluding hydrogens is 172 g/mol. The van der Waals surface area contributed by atoms with E-state index in [0.29, 0.717) is 5.56 Å². The van der Waals surface area contributed by atoms with Gasteiger partial charge in [-0.15, -0.1) is 0 Å². The molecule has 0 saturated carbocycles. The first-order chi connectivity index (χ1) is 5.43. The van der Waals surface area contributed by atoms with Crippen LogP contribution < -0.4 is 5.73 Å². The van der Waals surface area contributed by atoms with E-state index in [0.717, 1.165) is 17.2 Å². The van der Waals surface area contributed by atoms with E-state index >= 15 is 0 Å². The molecule has 65 valence electrons. The Balaban J connectivity index is 3.17. The molecule has 0 unspecified atom stereocenters. The lowest BCUT2D eigenvalue weighted by Gasteiger charge is -2.15. The number of primary amides is 1. The third-order valence-electron chi connectivity index (χ3n) is 1.48. The second-order valence-electron chi connectivity index (χ2n) is 3.62. The van der Waals surface area contributed by atoms with Gasteiger partial charge < -0.3 is 5.73 Å². The van der Waals surface area contributed by atoms with E-state index in [1.165, 1.54) is 0 Å². The van der Waals surface area contributed by atoms with Crippen LogP contribution in [0.3, 0.4) is 0 Å². The Bertz CT molecular complexity index is 298. The molecule has 0 spiro atoms. The predicted molar refractivity (Wildman–Crippen MR) is 48.2 cm³/mol. The van der Waals surface area contributed by atoms with Gasteiger partial charge >= 0.3 is 0 Å². The first-order valence-electron chi connectivity index (χ1n) is 3.60. The highest BCUT2D eigenvalue weighted by atomic mass is 32.1. The molecule has 0 bridgehead atoms. The molecule has 0 fully saturated rings. The van der Waals surface area contributed by atoms with Crippen LogP contribution in [0.2, 0.25) is 0 Å². The number of carbonyl (C=O) groups excluding carboxylic acids is 1. The van der Waals surface area contributed by atoms with Crippen molar-refractivity contribution in [3.05, 3.63) is 16.6 Å². The van der Waals surface area contributed by atoms with Gasteiger partial charge in [0.2, 0.25) is 0 Å². The van der Waals surface area contributed by atoms with Gasteiger partial charge in [0.05, 0.1) is 16.6 Å². The van der Waals surface area contributed by atoms with Crippen LogP contribution in [0.5, 0.6) is 0 Å². The molecule has 1 heterocycles. The molecule has 1 radical (unpaired) electrons. The smallest absolute Gasteiger partial charge is 0.252 e. The minimum atomic E-state index is -0.450. The average Bonchev–Trinajstić information content (AvgIpc) is 2.30. The van der Waals surface area contributed by atoms with Crippen molar-refractivity contribution in [1.29, 1.82) is 0 Å². The Labute approximate surface area is 75.8 Å². The molecule has 0 aliphatic rings. The van der Waals surface area contributed by atoms with E-state index in [2.05, 4.69) is 9.75 Å². The molecular formula is C8H11N2OS. The summed E-state index contributed by atoms with van der Waals surface area (Å²) in [5, 5.41) is 2.77. The summed E-state index contributed by atoms with van der Waals surface area (Å²) in [6, 6.07) is 0. The van der Waals surface area contributed by atoms with Crippen molar-refractivity contribution in [1.82, 2.24) is 4.37 Å². The van der Waals surface area contributed by atoms with Crippen LogP contribution >= 0.6 is 11.5 Å². The second kappa shape index (κ2) is 2.86. The summed E-state index contributed by atoms with van der Waals surface area (Å²) >= 11 is 1.15.